The van der Waals surface area contributed by atoms with Crippen molar-refractivity contribution in [3.05, 3.63) is 41.9 Å². The smallest absolute Gasteiger partial charge is 0.410 e. The van der Waals surface area contributed by atoms with Gasteiger partial charge in [-0.25, -0.2) is 9.78 Å². The van der Waals surface area contributed by atoms with Gasteiger partial charge in [-0.3, -0.25) is 0 Å². The molecule has 0 aliphatic carbocycles. The molecule has 1 aliphatic rings. The number of rotatable bonds is 2. The van der Waals surface area contributed by atoms with E-state index in [1.165, 1.54) is 0 Å². The fourth-order valence-electron chi connectivity index (χ4n) is 3.08. The molecule has 3 rings (SSSR count). The molecule has 2 aromatic rings. The van der Waals surface area contributed by atoms with E-state index < -0.39 is 5.60 Å². The number of nitriles is 1. The van der Waals surface area contributed by atoms with E-state index >= 15 is 0 Å². The molecule has 1 fully saturated rings. The van der Waals surface area contributed by atoms with Crippen molar-refractivity contribution in [1.29, 1.82) is 5.26 Å². The first-order chi connectivity index (χ1) is 12.4. The largest absolute Gasteiger partial charge is 0.444 e. The Labute approximate surface area is 153 Å². The van der Waals surface area contributed by atoms with Gasteiger partial charge in [-0.15, -0.1) is 0 Å². The number of hydrogen-bond donors (Lipinski definition) is 1. The third-order valence-electron chi connectivity index (χ3n) is 4.45. The molecule has 0 radical (unpaired) electrons. The average molecular weight is 352 g/mol. The molecule has 0 atom stereocenters. The summed E-state index contributed by atoms with van der Waals surface area (Å²) in [7, 11) is 0. The number of likely N-dealkylation sites (tertiary alicyclic amines) is 1. The maximum Gasteiger partial charge on any atom is 0.410 e. The average Bonchev–Trinajstić information content (AvgIpc) is 3.10. The standard InChI is InChI=1S/C20H24N4O2/c1-20(2,3)26-19(25)24-10-8-16(9-11-24)18-22-13-17(23-18)15-6-4-14(12-21)5-7-15/h4-7,13,16H,8-11H2,1-3H3,(H,22,23). The number of aromatic amines is 1. The molecule has 6 nitrogen and oxygen atoms in total. The molecule has 1 aliphatic heterocycles. The van der Waals surface area contributed by atoms with Crippen LogP contribution in [0.25, 0.3) is 11.3 Å². The molecule has 1 saturated heterocycles. The molecule has 2 heterocycles. The number of aromatic nitrogens is 2. The van der Waals surface area contributed by atoms with Crippen molar-refractivity contribution in [1.82, 2.24) is 14.9 Å². The minimum absolute atomic E-state index is 0.242. The fourth-order valence-corrected chi connectivity index (χ4v) is 3.08. The number of carbonyl (C=O) groups is 1. The quantitative estimate of drug-likeness (QED) is 0.883. The maximum atomic E-state index is 12.2. The summed E-state index contributed by atoms with van der Waals surface area (Å²) in [5.74, 6) is 1.26. The molecule has 1 aromatic carbocycles. The van der Waals surface area contributed by atoms with E-state index in [9.17, 15) is 4.79 Å². The van der Waals surface area contributed by atoms with Gasteiger partial charge in [0.25, 0.3) is 0 Å². The summed E-state index contributed by atoms with van der Waals surface area (Å²) in [4.78, 5) is 21.8. The Morgan fingerprint density at radius 2 is 1.92 bits per heavy atom. The lowest BCUT2D eigenvalue weighted by atomic mass is 9.96. The van der Waals surface area contributed by atoms with Crippen molar-refractivity contribution in [3.8, 4) is 17.3 Å². The van der Waals surface area contributed by atoms with Gasteiger partial charge in [-0.1, -0.05) is 12.1 Å². The number of nitrogens with zero attached hydrogens (tertiary/aromatic N) is 3. The number of hydrogen-bond acceptors (Lipinski definition) is 4. The van der Waals surface area contributed by atoms with Crippen LogP contribution in [0.2, 0.25) is 0 Å². The van der Waals surface area contributed by atoms with Crippen LogP contribution in [0.4, 0.5) is 4.79 Å². The number of benzene rings is 1. The van der Waals surface area contributed by atoms with Crippen LogP contribution < -0.4 is 0 Å². The van der Waals surface area contributed by atoms with Gasteiger partial charge in [0.1, 0.15) is 11.4 Å². The minimum Gasteiger partial charge on any atom is -0.444 e. The normalized spacial score (nSPS) is 15.5. The Balaban J connectivity index is 1.61. The van der Waals surface area contributed by atoms with E-state index in [0.29, 0.717) is 24.6 Å². The first-order valence-corrected chi connectivity index (χ1v) is 8.89. The van der Waals surface area contributed by atoms with Gasteiger partial charge in [-0.2, -0.15) is 5.26 Å². The predicted octanol–water partition coefficient (Wildman–Crippen LogP) is 4.06. The lowest BCUT2D eigenvalue weighted by molar-refractivity contribution is 0.0203. The lowest BCUT2D eigenvalue weighted by Crippen LogP contribution is -2.41. The van der Waals surface area contributed by atoms with Crippen molar-refractivity contribution in [2.75, 3.05) is 13.1 Å². The summed E-state index contributed by atoms with van der Waals surface area (Å²) in [6, 6.07) is 9.56. The summed E-state index contributed by atoms with van der Waals surface area (Å²) >= 11 is 0. The Morgan fingerprint density at radius 3 is 2.50 bits per heavy atom. The van der Waals surface area contributed by atoms with Gasteiger partial charge in [0.05, 0.1) is 23.5 Å². The van der Waals surface area contributed by atoms with E-state index in [2.05, 4.69) is 16.0 Å². The van der Waals surface area contributed by atoms with Crippen LogP contribution >= 0.6 is 0 Å². The van der Waals surface area contributed by atoms with Crippen molar-refractivity contribution in [2.24, 2.45) is 0 Å². The van der Waals surface area contributed by atoms with E-state index in [1.807, 2.05) is 39.1 Å². The number of ether oxygens (including phenoxy) is 1. The zero-order chi connectivity index (χ0) is 18.7. The number of imidazole rings is 1. The topological polar surface area (TPSA) is 82.0 Å². The highest BCUT2D eigenvalue weighted by atomic mass is 16.6. The number of nitrogens with one attached hydrogen (secondary N) is 1. The SMILES string of the molecule is CC(C)(C)OC(=O)N1CCC(c2ncc(-c3ccc(C#N)cc3)[nH]2)CC1. The van der Waals surface area contributed by atoms with Gasteiger partial charge >= 0.3 is 6.09 Å². The highest BCUT2D eigenvalue weighted by Crippen LogP contribution is 2.28. The van der Waals surface area contributed by atoms with Crippen LogP contribution in [-0.2, 0) is 4.74 Å². The molecule has 0 unspecified atom stereocenters. The van der Waals surface area contributed by atoms with Gasteiger partial charge in [0.15, 0.2) is 0 Å². The van der Waals surface area contributed by atoms with Crippen LogP contribution in [0.3, 0.4) is 0 Å². The van der Waals surface area contributed by atoms with E-state index in [0.717, 1.165) is 29.9 Å². The summed E-state index contributed by atoms with van der Waals surface area (Å²) < 4.78 is 5.44. The van der Waals surface area contributed by atoms with Crippen LogP contribution in [0.1, 0.15) is 50.9 Å². The van der Waals surface area contributed by atoms with Crippen molar-refractivity contribution in [2.45, 2.75) is 45.1 Å². The molecule has 6 heteroatoms. The van der Waals surface area contributed by atoms with Crippen molar-refractivity contribution < 1.29 is 9.53 Å². The molecule has 1 N–H and O–H groups in total. The Kier molecular flexibility index (Phi) is 4.99. The second-order valence-corrected chi connectivity index (χ2v) is 7.61. The number of carbonyl (C=O) groups excluding carboxylic acids is 1. The molecular weight excluding hydrogens is 328 g/mol. The Hall–Kier alpha value is -2.81. The Morgan fingerprint density at radius 1 is 1.27 bits per heavy atom. The van der Waals surface area contributed by atoms with E-state index in [-0.39, 0.29) is 6.09 Å². The summed E-state index contributed by atoms with van der Waals surface area (Å²) in [5.41, 5.74) is 2.13. The minimum atomic E-state index is -0.467. The molecular formula is C20H24N4O2. The van der Waals surface area contributed by atoms with Gasteiger partial charge in [0.2, 0.25) is 0 Å². The molecule has 136 valence electrons. The lowest BCUT2D eigenvalue weighted by Gasteiger charge is -2.32. The third-order valence-corrected chi connectivity index (χ3v) is 4.45. The summed E-state index contributed by atoms with van der Waals surface area (Å²) in [6.45, 7) is 6.99. The number of piperidine rings is 1. The van der Waals surface area contributed by atoms with Crippen LogP contribution in [-0.4, -0.2) is 39.7 Å². The molecule has 0 saturated carbocycles. The molecule has 26 heavy (non-hydrogen) atoms. The fraction of sp³-hybridized carbons (Fsp3) is 0.450. The first kappa shape index (κ1) is 18.0. The number of H-pyrrole nitrogens is 1. The highest BCUT2D eigenvalue weighted by Gasteiger charge is 2.28. The van der Waals surface area contributed by atoms with Gasteiger partial charge in [0, 0.05) is 19.0 Å². The van der Waals surface area contributed by atoms with Crippen LogP contribution in [0.5, 0.6) is 0 Å². The predicted molar refractivity (Wildman–Crippen MR) is 98.5 cm³/mol. The van der Waals surface area contributed by atoms with Crippen molar-refractivity contribution in [3.63, 3.8) is 0 Å². The molecule has 0 bridgehead atoms. The maximum absolute atomic E-state index is 12.2. The summed E-state index contributed by atoms with van der Waals surface area (Å²) in [5, 5.41) is 8.89. The van der Waals surface area contributed by atoms with E-state index in [4.69, 9.17) is 10.00 Å². The second-order valence-electron chi connectivity index (χ2n) is 7.61. The monoisotopic (exact) mass is 352 g/mol. The first-order valence-electron chi connectivity index (χ1n) is 8.89. The van der Waals surface area contributed by atoms with Crippen LogP contribution in [0.15, 0.2) is 30.5 Å². The molecule has 1 amide bonds. The molecule has 0 spiro atoms. The van der Waals surface area contributed by atoms with Crippen molar-refractivity contribution >= 4 is 6.09 Å². The van der Waals surface area contributed by atoms with Crippen LogP contribution in [0, 0.1) is 11.3 Å². The molecule has 1 aromatic heterocycles. The third kappa shape index (κ3) is 4.23. The van der Waals surface area contributed by atoms with E-state index in [1.54, 1.807) is 17.0 Å². The highest BCUT2D eigenvalue weighted by molar-refractivity contribution is 5.68. The zero-order valence-electron chi connectivity index (χ0n) is 15.5. The Bertz CT molecular complexity index is 804. The summed E-state index contributed by atoms with van der Waals surface area (Å²) in [6.07, 6.45) is 3.31. The van der Waals surface area contributed by atoms with Gasteiger partial charge < -0.3 is 14.6 Å². The van der Waals surface area contributed by atoms with Gasteiger partial charge in [-0.05, 0) is 51.3 Å². The second kappa shape index (κ2) is 7.20. The number of amides is 1. The zero-order valence-corrected chi connectivity index (χ0v) is 15.5.